The molecule has 2 amide bonds. The maximum absolute atomic E-state index is 13.6. The highest BCUT2D eigenvalue weighted by molar-refractivity contribution is 6.30. The molecule has 0 saturated carbocycles. The zero-order chi connectivity index (χ0) is 25.2. The summed E-state index contributed by atoms with van der Waals surface area (Å²) in [5.41, 5.74) is 3.02. The molecule has 0 aromatic heterocycles. The van der Waals surface area contributed by atoms with E-state index in [1.165, 1.54) is 0 Å². The summed E-state index contributed by atoms with van der Waals surface area (Å²) in [5.74, 6) is 0.0618. The molecular formula is C29H33ClN2O3. The quantitative estimate of drug-likeness (QED) is 0.380. The maximum Gasteiger partial charge on any atom is 0.261 e. The number of nitrogens with one attached hydrogen (secondary N) is 1. The Labute approximate surface area is 213 Å². The van der Waals surface area contributed by atoms with Crippen LogP contribution in [0.5, 0.6) is 5.75 Å². The summed E-state index contributed by atoms with van der Waals surface area (Å²) in [7, 11) is 0. The van der Waals surface area contributed by atoms with Gasteiger partial charge in [0.1, 0.15) is 11.8 Å². The Bertz CT molecular complexity index is 1120. The van der Waals surface area contributed by atoms with E-state index in [1.54, 1.807) is 29.2 Å². The molecule has 0 fully saturated rings. The molecule has 0 saturated heterocycles. The number of benzene rings is 3. The van der Waals surface area contributed by atoms with Crippen LogP contribution in [0.15, 0.2) is 78.9 Å². The van der Waals surface area contributed by atoms with Crippen LogP contribution in [0.25, 0.3) is 0 Å². The van der Waals surface area contributed by atoms with Gasteiger partial charge in [0.05, 0.1) is 0 Å². The number of amides is 2. The van der Waals surface area contributed by atoms with E-state index in [1.807, 2.05) is 75.4 Å². The van der Waals surface area contributed by atoms with E-state index in [0.29, 0.717) is 23.7 Å². The van der Waals surface area contributed by atoms with Crippen molar-refractivity contribution in [3.63, 3.8) is 0 Å². The van der Waals surface area contributed by atoms with Crippen molar-refractivity contribution in [1.29, 1.82) is 0 Å². The van der Waals surface area contributed by atoms with Crippen molar-refractivity contribution in [2.75, 3.05) is 6.61 Å². The van der Waals surface area contributed by atoms with E-state index in [4.69, 9.17) is 16.3 Å². The minimum Gasteiger partial charge on any atom is -0.484 e. The van der Waals surface area contributed by atoms with Gasteiger partial charge in [-0.3, -0.25) is 9.59 Å². The molecule has 0 aliphatic heterocycles. The highest BCUT2D eigenvalue weighted by Crippen LogP contribution is 2.20. The van der Waals surface area contributed by atoms with E-state index < -0.39 is 6.04 Å². The van der Waals surface area contributed by atoms with Crippen LogP contribution in [0.1, 0.15) is 37.0 Å². The van der Waals surface area contributed by atoms with Gasteiger partial charge < -0.3 is 15.0 Å². The highest BCUT2D eigenvalue weighted by atomic mass is 35.5. The van der Waals surface area contributed by atoms with Crippen LogP contribution < -0.4 is 10.1 Å². The molecule has 0 unspecified atom stereocenters. The van der Waals surface area contributed by atoms with Gasteiger partial charge in [-0.1, -0.05) is 79.2 Å². The van der Waals surface area contributed by atoms with Crippen LogP contribution in [-0.4, -0.2) is 35.4 Å². The summed E-state index contributed by atoms with van der Waals surface area (Å²) in [6, 6.07) is 23.9. The largest absolute Gasteiger partial charge is 0.484 e. The molecule has 0 aliphatic rings. The Morgan fingerprint density at radius 1 is 1.00 bits per heavy atom. The molecule has 0 spiro atoms. The van der Waals surface area contributed by atoms with Crippen molar-refractivity contribution >= 4 is 23.4 Å². The van der Waals surface area contributed by atoms with Crippen molar-refractivity contribution < 1.29 is 14.3 Å². The Kier molecular flexibility index (Phi) is 9.74. The average Bonchev–Trinajstić information content (AvgIpc) is 2.86. The summed E-state index contributed by atoms with van der Waals surface area (Å²) in [4.78, 5) is 28.7. The number of carbonyl (C=O) groups is 2. The van der Waals surface area contributed by atoms with Crippen LogP contribution in [0.4, 0.5) is 0 Å². The van der Waals surface area contributed by atoms with Crippen molar-refractivity contribution in [2.24, 2.45) is 0 Å². The predicted molar refractivity (Wildman–Crippen MR) is 141 cm³/mol. The highest BCUT2D eigenvalue weighted by Gasteiger charge is 2.31. The first-order valence-corrected chi connectivity index (χ1v) is 12.3. The smallest absolute Gasteiger partial charge is 0.261 e. The molecule has 6 heteroatoms. The van der Waals surface area contributed by atoms with Crippen LogP contribution in [0.3, 0.4) is 0 Å². The molecule has 3 rings (SSSR count). The number of ether oxygens (including phenoxy) is 1. The van der Waals surface area contributed by atoms with Crippen molar-refractivity contribution in [2.45, 2.75) is 52.2 Å². The Balaban J connectivity index is 1.92. The first-order chi connectivity index (χ1) is 16.9. The molecule has 0 bridgehead atoms. The first-order valence-electron chi connectivity index (χ1n) is 11.9. The molecule has 0 radical (unpaired) electrons. The van der Waals surface area contributed by atoms with E-state index in [2.05, 4.69) is 5.32 Å². The van der Waals surface area contributed by atoms with Crippen molar-refractivity contribution in [1.82, 2.24) is 10.2 Å². The van der Waals surface area contributed by atoms with E-state index in [-0.39, 0.29) is 24.5 Å². The molecule has 0 aliphatic carbocycles. The van der Waals surface area contributed by atoms with Gasteiger partial charge in [-0.15, -0.1) is 0 Å². The predicted octanol–water partition coefficient (Wildman–Crippen LogP) is 5.58. The lowest BCUT2D eigenvalue weighted by Crippen LogP contribution is -2.53. The van der Waals surface area contributed by atoms with Gasteiger partial charge in [-0.05, 0) is 55.2 Å². The fourth-order valence-corrected chi connectivity index (χ4v) is 3.93. The number of hydrogen-bond donors (Lipinski definition) is 1. The fraction of sp³-hybridized carbons (Fsp3) is 0.310. The third-order valence-corrected chi connectivity index (χ3v) is 6.27. The standard InChI is InChI=1S/C29H33ClN2O3/c1-4-22(3)31-29(34)27(17-23-12-6-5-7-13-23)32(19-24-14-9-8-11-21(24)2)28(33)20-35-26-16-10-15-25(30)18-26/h5-16,18,22,27H,4,17,19-20H2,1-3H3,(H,31,34)/t22-,27+/m1/s1. The van der Waals surface area contributed by atoms with Gasteiger partial charge in [0.25, 0.3) is 5.91 Å². The molecule has 35 heavy (non-hydrogen) atoms. The first kappa shape index (κ1) is 26.3. The van der Waals surface area contributed by atoms with Crippen molar-refractivity contribution in [3.05, 3.63) is 101 Å². The summed E-state index contributed by atoms with van der Waals surface area (Å²) in [6.07, 6.45) is 1.20. The Hall–Kier alpha value is -3.31. The average molecular weight is 493 g/mol. The second-order valence-corrected chi connectivity index (χ2v) is 9.15. The molecule has 2 atom stereocenters. The zero-order valence-corrected chi connectivity index (χ0v) is 21.3. The van der Waals surface area contributed by atoms with Crippen molar-refractivity contribution in [3.8, 4) is 5.75 Å². The van der Waals surface area contributed by atoms with E-state index in [0.717, 1.165) is 23.1 Å². The normalized spacial score (nSPS) is 12.5. The molecule has 3 aromatic rings. The maximum atomic E-state index is 13.6. The fourth-order valence-electron chi connectivity index (χ4n) is 3.75. The minimum absolute atomic E-state index is 0.00102. The molecular weight excluding hydrogens is 460 g/mol. The van der Waals surface area contributed by atoms with Gasteiger partial charge >= 0.3 is 0 Å². The molecule has 1 N–H and O–H groups in total. The summed E-state index contributed by atoms with van der Waals surface area (Å²) in [5, 5.41) is 3.61. The van der Waals surface area contributed by atoms with Gasteiger partial charge in [0, 0.05) is 24.0 Å². The topological polar surface area (TPSA) is 58.6 Å². The number of halogens is 1. The zero-order valence-electron chi connectivity index (χ0n) is 20.5. The lowest BCUT2D eigenvalue weighted by atomic mass is 10.0. The summed E-state index contributed by atoms with van der Waals surface area (Å²) >= 11 is 6.06. The number of hydrogen-bond acceptors (Lipinski definition) is 3. The lowest BCUT2D eigenvalue weighted by molar-refractivity contribution is -0.143. The van der Waals surface area contributed by atoms with Gasteiger partial charge in [0.2, 0.25) is 5.91 Å². The number of rotatable bonds is 11. The Morgan fingerprint density at radius 2 is 1.71 bits per heavy atom. The Morgan fingerprint density at radius 3 is 2.40 bits per heavy atom. The van der Waals surface area contributed by atoms with Crippen LogP contribution in [0, 0.1) is 6.92 Å². The third kappa shape index (κ3) is 7.86. The van der Waals surface area contributed by atoms with Crippen LogP contribution in [-0.2, 0) is 22.6 Å². The number of carbonyl (C=O) groups excluding carboxylic acids is 2. The van der Waals surface area contributed by atoms with Crippen LogP contribution in [0.2, 0.25) is 5.02 Å². The van der Waals surface area contributed by atoms with Gasteiger partial charge in [-0.25, -0.2) is 0 Å². The van der Waals surface area contributed by atoms with Gasteiger partial charge in [-0.2, -0.15) is 0 Å². The molecule has 184 valence electrons. The summed E-state index contributed by atoms with van der Waals surface area (Å²) < 4.78 is 5.77. The van der Waals surface area contributed by atoms with E-state index in [9.17, 15) is 9.59 Å². The lowest BCUT2D eigenvalue weighted by Gasteiger charge is -2.32. The minimum atomic E-state index is -0.693. The van der Waals surface area contributed by atoms with E-state index >= 15 is 0 Å². The number of nitrogens with zero attached hydrogens (tertiary/aromatic N) is 1. The number of aryl methyl sites for hydroxylation is 1. The second-order valence-electron chi connectivity index (χ2n) is 8.72. The second kappa shape index (κ2) is 13.0. The molecule has 3 aromatic carbocycles. The monoisotopic (exact) mass is 492 g/mol. The van der Waals surface area contributed by atoms with Gasteiger partial charge in [0.15, 0.2) is 6.61 Å². The summed E-state index contributed by atoms with van der Waals surface area (Å²) in [6.45, 7) is 6.09. The molecule has 0 heterocycles. The van der Waals surface area contributed by atoms with Crippen LogP contribution >= 0.6 is 11.6 Å². The third-order valence-electron chi connectivity index (χ3n) is 6.03. The molecule has 5 nitrogen and oxygen atoms in total. The SMILES string of the molecule is CC[C@@H](C)NC(=O)[C@H](Cc1ccccc1)N(Cc1ccccc1C)C(=O)COc1cccc(Cl)c1.